The Morgan fingerprint density at radius 2 is 1.84 bits per heavy atom. The molecular weight excluding hydrogens is 531 g/mol. The van der Waals surface area contributed by atoms with Gasteiger partial charge in [0.15, 0.2) is 10.7 Å². The van der Waals surface area contributed by atoms with Crippen molar-refractivity contribution in [3.05, 3.63) is 71.5 Å². The molecule has 3 aromatic rings. The van der Waals surface area contributed by atoms with Crippen molar-refractivity contribution in [2.75, 3.05) is 36.8 Å². The standard InChI is InChI=1S/C25H27F5N4O3S/c1-33(2)24(10-7-17-5-3-6-18(13-17)25(28,29)30)9-4-11-34(16-24)19-14-20(26)23(21(27)15-19)38(35,36)32-22-8-12-37-31-22/h3,5-6,8,12-15H,4,7,9-11,16H2,1-2H3,(H,31,32)/t24-/m1/s1. The van der Waals surface area contributed by atoms with E-state index in [2.05, 4.69) is 9.68 Å². The third-order valence-corrected chi connectivity index (χ3v) is 8.34. The van der Waals surface area contributed by atoms with Crippen LogP contribution < -0.4 is 9.62 Å². The first-order valence-corrected chi connectivity index (χ1v) is 13.3. The summed E-state index contributed by atoms with van der Waals surface area (Å²) < 4.78 is 101. The number of alkyl halides is 3. The molecule has 38 heavy (non-hydrogen) atoms. The molecule has 0 bridgehead atoms. The van der Waals surface area contributed by atoms with Gasteiger partial charge < -0.3 is 14.3 Å². The minimum Gasteiger partial charge on any atom is -0.370 e. The van der Waals surface area contributed by atoms with Gasteiger partial charge in [0, 0.05) is 30.4 Å². The number of benzene rings is 2. The number of aryl methyl sites for hydroxylation is 1. The van der Waals surface area contributed by atoms with Gasteiger partial charge >= 0.3 is 6.18 Å². The number of hydrogen-bond acceptors (Lipinski definition) is 6. The molecule has 2 aromatic carbocycles. The number of nitrogens with zero attached hydrogens (tertiary/aromatic N) is 3. The smallest absolute Gasteiger partial charge is 0.370 e. The molecule has 4 rings (SSSR count). The Labute approximate surface area is 217 Å². The van der Waals surface area contributed by atoms with Crippen LogP contribution in [0.5, 0.6) is 0 Å². The molecule has 0 spiro atoms. The largest absolute Gasteiger partial charge is 0.416 e. The highest BCUT2D eigenvalue weighted by Crippen LogP contribution is 2.36. The lowest BCUT2D eigenvalue weighted by molar-refractivity contribution is -0.137. The van der Waals surface area contributed by atoms with E-state index in [4.69, 9.17) is 0 Å². The van der Waals surface area contributed by atoms with Crippen molar-refractivity contribution < 1.29 is 34.9 Å². The second-order valence-corrected chi connectivity index (χ2v) is 11.2. The number of hydrogen-bond donors (Lipinski definition) is 1. The monoisotopic (exact) mass is 558 g/mol. The Bertz CT molecular complexity index is 1360. The molecule has 1 N–H and O–H groups in total. The maximum absolute atomic E-state index is 15.0. The molecule has 1 fully saturated rings. The molecule has 1 atom stereocenters. The van der Waals surface area contributed by atoms with Crippen LogP contribution in [-0.2, 0) is 22.6 Å². The summed E-state index contributed by atoms with van der Waals surface area (Å²) in [6, 6.07) is 8.33. The van der Waals surface area contributed by atoms with Crippen LogP contribution in [0.1, 0.15) is 30.4 Å². The normalized spacial score (nSPS) is 18.7. The molecule has 7 nitrogen and oxygen atoms in total. The Hall–Kier alpha value is -3.19. The Morgan fingerprint density at radius 1 is 1.13 bits per heavy atom. The number of halogens is 5. The lowest BCUT2D eigenvalue weighted by Gasteiger charge is -2.48. The van der Waals surface area contributed by atoms with E-state index in [0.717, 1.165) is 36.9 Å². The Morgan fingerprint density at radius 3 is 2.45 bits per heavy atom. The molecule has 0 amide bonds. The first kappa shape index (κ1) is 27.8. The summed E-state index contributed by atoms with van der Waals surface area (Å²) in [7, 11) is -0.885. The fourth-order valence-corrected chi connectivity index (χ4v) is 5.96. The average Bonchev–Trinajstić information content (AvgIpc) is 3.34. The zero-order valence-electron chi connectivity index (χ0n) is 20.7. The van der Waals surface area contributed by atoms with Crippen LogP contribution in [0.25, 0.3) is 0 Å². The maximum atomic E-state index is 15.0. The SMILES string of the molecule is CN(C)[C@@]1(CCc2cccc(C(F)(F)F)c2)CCCN(c2cc(F)c(S(=O)(=O)Nc3ccon3)c(F)c2)C1. The summed E-state index contributed by atoms with van der Waals surface area (Å²) in [5.74, 6) is -2.75. The number of likely N-dealkylation sites (N-methyl/N-ethyl adjacent to an activating group) is 1. The summed E-state index contributed by atoms with van der Waals surface area (Å²) >= 11 is 0. The van der Waals surface area contributed by atoms with E-state index in [9.17, 15) is 21.6 Å². The van der Waals surface area contributed by atoms with Gasteiger partial charge in [0.05, 0.1) is 5.56 Å². The van der Waals surface area contributed by atoms with E-state index in [0.29, 0.717) is 37.9 Å². The van der Waals surface area contributed by atoms with Gasteiger partial charge in [-0.05, 0) is 63.5 Å². The molecule has 13 heteroatoms. The van der Waals surface area contributed by atoms with Gasteiger partial charge in [0.1, 0.15) is 17.9 Å². The zero-order chi connectivity index (χ0) is 27.7. The molecule has 1 saturated heterocycles. The van der Waals surface area contributed by atoms with Gasteiger partial charge in [-0.15, -0.1) is 0 Å². The first-order valence-electron chi connectivity index (χ1n) is 11.8. The third kappa shape index (κ3) is 5.93. The van der Waals surface area contributed by atoms with Crippen molar-refractivity contribution in [1.82, 2.24) is 10.1 Å². The van der Waals surface area contributed by atoms with Crippen molar-refractivity contribution in [3.63, 3.8) is 0 Å². The van der Waals surface area contributed by atoms with Crippen molar-refractivity contribution in [2.24, 2.45) is 0 Å². The molecule has 1 aliphatic heterocycles. The van der Waals surface area contributed by atoms with Gasteiger partial charge in [0.25, 0.3) is 10.0 Å². The number of piperidine rings is 1. The first-order chi connectivity index (χ1) is 17.8. The highest BCUT2D eigenvalue weighted by molar-refractivity contribution is 7.92. The van der Waals surface area contributed by atoms with Gasteiger partial charge in [-0.2, -0.15) is 13.2 Å². The molecule has 0 saturated carbocycles. The van der Waals surface area contributed by atoms with E-state index in [1.54, 1.807) is 11.0 Å². The fourth-order valence-electron chi connectivity index (χ4n) is 4.85. The molecule has 1 aliphatic rings. The van der Waals surface area contributed by atoms with Crippen molar-refractivity contribution in [1.29, 1.82) is 0 Å². The van der Waals surface area contributed by atoms with Crippen molar-refractivity contribution >= 4 is 21.5 Å². The molecule has 1 aromatic heterocycles. The summed E-state index contributed by atoms with van der Waals surface area (Å²) in [6.45, 7) is 0.822. The number of aromatic nitrogens is 1. The zero-order valence-corrected chi connectivity index (χ0v) is 21.5. The molecule has 0 radical (unpaired) electrons. The topological polar surface area (TPSA) is 78.7 Å². The third-order valence-electron chi connectivity index (χ3n) is 6.93. The molecule has 2 heterocycles. The second-order valence-electron chi connectivity index (χ2n) is 9.57. The molecule has 0 aliphatic carbocycles. The van der Waals surface area contributed by atoms with Crippen LogP contribution in [0.4, 0.5) is 33.5 Å². The number of sulfonamides is 1. The van der Waals surface area contributed by atoms with E-state index in [1.807, 2.05) is 23.7 Å². The van der Waals surface area contributed by atoms with E-state index in [-0.39, 0.29) is 11.5 Å². The van der Waals surface area contributed by atoms with Crippen LogP contribution >= 0.6 is 0 Å². The summed E-state index contributed by atoms with van der Waals surface area (Å²) in [5, 5.41) is 3.39. The second kappa shape index (κ2) is 10.5. The highest BCUT2D eigenvalue weighted by Gasteiger charge is 2.38. The number of nitrogens with one attached hydrogen (secondary N) is 1. The van der Waals surface area contributed by atoms with E-state index in [1.165, 1.54) is 12.1 Å². The highest BCUT2D eigenvalue weighted by atomic mass is 32.2. The van der Waals surface area contributed by atoms with Crippen LogP contribution in [0, 0.1) is 11.6 Å². The van der Waals surface area contributed by atoms with Gasteiger partial charge in [-0.3, -0.25) is 4.72 Å². The summed E-state index contributed by atoms with van der Waals surface area (Å²) in [4.78, 5) is 2.62. The lowest BCUT2D eigenvalue weighted by Crippen LogP contribution is -2.56. The number of rotatable bonds is 8. The van der Waals surface area contributed by atoms with Crippen LogP contribution in [0.3, 0.4) is 0 Å². The minimum atomic E-state index is -4.61. The van der Waals surface area contributed by atoms with Gasteiger partial charge in [-0.1, -0.05) is 23.4 Å². The van der Waals surface area contributed by atoms with Gasteiger partial charge in [-0.25, -0.2) is 17.2 Å². The van der Waals surface area contributed by atoms with Crippen LogP contribution in [-0.4, -0.2) is 51.2 Å². The fraction of sp³-hybridized carbons (Fsp3) is 0.400. The molecular formula is C25H27F5N4O3S. The molecule has 206 valence electrons. The average molecular weight is 559 g/mol. The quantitative estimate of drug-likeness (QED) is 0.378. The lowest BCUT2D eigenvalue weighted by atomic mass is 9.82. The van der Waals surface area contributed by atoms with Gasteiger partial charge in [0.2, 0.25) is 0 Å². The maximum Gasteiger partial charge on any atom is 0.416 e. The van der Waals surface area contributed by atoms with Crippen LogP contribution in [0.15, 0.2) is 58.1 Å². The Kier molecular flexibility index (Phi) is 7.71. The van der Waals surface area contributed by atoms with E-state index >= 15 is 8.78 Å². The van der Waals surface area contributed by atoms with Crippen molar-refractivity contribution in [2.45, 2.75) is 42.3 Å². The predicted molar refractivity (Wildman–Crippen MR) is 131 cm³/mol. The summed E-state index contributed by atoms with van der Waals surface area (Å²) in [6.07, 6.45) is -1.05. The summed E-state index contributed by atoms with van der Waals surface area (Å²) in [5.41, 5.74) is -0.480. The molecule has 0 unspecified atom stereocenters. The minimum absolute atomic E-state index is 0.172. The van der Waals surface area contributed by atoms with Crippen LogP contribution in [0.2, 0.25) is 0 Å². The van der Waals surface area contributed by atoms with E-state index < -0.39 is 43.8 Å². The Balaban J connectivity index is 1.56. The number of anilines is 2. The van der Waals surface area contributed by atoms with Crippen molar-refractivity contribution in [3.8, 4) is 0 Å². The predicted octanol–water partition coefficient (Wildman–Crippen LogP) is 5.31.